The molecule has 0 atom stereocenters. The second-order valence-corrected chi connectivity index (χ2v) is 7.31. The number of hydrogen-bond acceptors (Lipinski definition) is 6. The van der Waals surface area contributed by atoms with Crippen LogP contribution in [0.25, 0.3) is 0 Å². The van der Waals surface area contributed by atoms with E-state index in [1.54, 1.807) is 18.2 Å². The summed E-state index contributed by atoms with van der Waals surface area (Å²) < 4.78 is 43.2. The van der Waals surface area contributed by atoms with Gasteiger partial charge >= 0.3 is 0 Å². The van der Waals surface area contributed by atoms with Gasteiger partial charge in [0.1, 0.15) is 11.5 Å². The maximum Gasteiger partial charge on any atom is 0.291 e. The molecule has 3 rings (SSSR count). The fraction of sp³-hybridized carbons (Fsp3) is 0.105. The molecule has 0 fully saturated rings. The Bertz CT molecular complexity index is 1060. The third-order valence-electron chi connectivity index (χ3n) is 3.82. The van der Waals surface area contributed by atoms with E-state index in [0.29, 0.717) is 17.2 Å². The van der Waals surface area contributed by atoms with Gasteiger partial charge < -0.3 is 19.2 Å². The Labute approximate surface area is 162 Å². The quantitative estimate of drug-likeness (QED) is 0.628. The highest BCUT2D eigenvalue weighted by Gasteiger charge is 2.18. The Hall–Kier alpha value is -3.46. The molecule has 9 heteroatoms. The fourth-order valence-electron chi connectivity index (χ4n) is 2.42. The molecule has 1 amide bonds. The van der Waals surface area contributed by atoms with Gasteiger partial charge in [-0.1, -0.05) is 0 Å². The van der Waals surface area contributed by atoms with Crippen LogP contribution >= 0.6 is 0 Å². The van der Waals surface area contributed by atoms with Crippen LogP contribution in [-0.2, 0) is 10.0 Å². The van der Waals surface area contributed by atoms with Crippen molar-refractivity contribution in [2.75, 3.05) is 24.3 Å². The van der Waals surface area contributed by atoms with Crippen molar-refractivity contribution < 1.29 is 27.1 Å². The largest absolute Gasteiger partial charge is 0.497 e. The summed E-state index contributed by atoms with van der Waals surface area (Å²) in [6.45, 7) is 0. The zero-order chi connectivity index (χ0) is 20.1. The number of ether oxygens (including phenoxy) is 2. The monoisotopic (exact) mass is 402 g/mol. The van der Waals surface area contributed by atoms with Crippen molar-refractivity contribution in [3.8, 4) is 11.5 Å². The van der Waals surface area contributed by atoms with Gasteiger partial charge in [0.05, 0.1) is 31.1 Å². The highest BCUT2D eigenvalue weighted by atomic mass is 32.2. The Morgan fingerprint density at radius 2 is 1.75 bits per heavy atom. The van der Waals surface area contributed by atoms with E-state index in [1.807, 2.05) is 0 Å². The van der Waals surface area contributed by atoms with Crippen LogP contribution < -0.4 is 19.5 Å². The van der Waals surface area contributed by atoms with Crippen LogP contribution in [0.4, 0.5) is 11.4 Å². The minimum atomic E-state index is -3.88. The molecule has 1 aromatic heterocycles. The normalized spacial score (nSPS) is 10.9. The Morgan fingerprint density at radius 3 is 2.36 bits per heavy atom. The number of anilines is 2. The first-order chi connectivity index (χ1) is 13.4. The van der Waals surface area contributed by atoms with E-state index >= 15 is 0 Å². The lowest BCUT2D eigenvalue weighted by atomic mass is 10.3. The number of nitrogens with one attached hydrogen (secondary N) is 2. The number of sulfonamides is 1. The molecule has 0 saturated heterocycles. The first kappa shape index (κ1) is 19.3. The Morgan fingerprint density at radius 1 is 1.00 bits per heavy atom. The Kier molecular flexibility index (Phi) is 5.55. The lowest BCUT2D eigenvalue weighted by Crippen LogP contribution is -2.14. The molecule has 0 bridgehead atoms. The number of methoxy groups -OCH3 is 2. The molecule has 0 aliphatic heterocycles. The molecule has 2 N–H and O–H groups in total. The van der Waals surface area contributed by atoms with Crippen molar-refractivity contribution in [3.05, 3.63) is 66.6 Å². The fourth-order valence-corrected chi connectivity index (χ4v) is 3.48. The summed E-state index contributed by atoms with van der Waals surface area (Å²) in [5.41, 5.74) is 0.677. The molecule has 8 nitrogen and oxygen atoms in total. The average Bonchev–Trinajstić information content (AvgIpc) is 3.23. The molecule has 2 aromatic carbocycles. The summed E-state index contributed by atoms with van der Waals surface area (Å²) in [6, 6.07) is 13.6. The third kappa shape index (κ3) is 4.26. The van der Waals surface area contributed by atoms with Crippen molar-refractivity contribution in [2.24, 2.45) is 0 Å². The summed E-state index contributed by atoms with van der Waals surface area (Å²) in [5, 5.41) is 2.62. The number of hydrogen-bond donors (Lipinski definition) is 2. The van der Waals surface area contributed by atoms with Gasteiger partial charge in [0, 0.05) is 11.8 Å². The highest BCUT2D eigenvalue weighted by Crippen LogP contribution is 2.31. The summed E-state index contributed by atoms with van der Waals surface area (Å²) in [6.07, 6.45) is 1.39. The predicted octanol–water partition coefficient (Wildman–Crippen LogP) is 3.35. The summed E-state index contributed by atoms with van der Waals surface area (Å²) in [7, 11) is -0.954. The lowest BCUT2D eigenvalue weighted by Gasteiger charge is -2.13. The van der Waals surface area contributed by atoms with Gasteiger partial charge in [0.2, 0.25) is 0 Å². The molecule has 0 spiro atoms. The standard InChI is InChI=1S/C19H18N2O6S/c1-25-14-7-10-17(26-2)16(12-14)21-28(23,24)15-8-5-13(6-9-15)20-19(22)18-4-3-11-27-18/h3-12,21H,1-2H3,(H,20,22). The number of benzene rings is 2. The maximum atomic E-state index is 12.7. The predicted molar refractivity (Wildman–Crippen MR) is 103 cm³/mol. The molecule has 0 saturated carbocycles. The van der Waals surface area contributed by atoms with Crippen molar-refractivity contribution in [1.29, 1.82) is 0 Å². The van der Waals surface area contributed by atoms with E-state index < -0.39 is 15.9 Å². The first-order valence-electron chi connectivity index (χ1n) is 8.13. The summed E-state index contributed by atoms with van der Waals surface area (Å²) in [4.78, 5) is 12.0. The number of carbonyl (C=O) groups is 1. The average molecular weight is 402 g/mol. The van der Waals surface area contributed by atoms with Crippen LogP contribution in [-0.4, -0.2) is 28.5 Å². The SMILES string of the molecule is COc1ccc(OC)c(NS(=O)(=O)c2ccc(NC(=O)c3ccco3)cc2)c1. The third-order valence-corrected chi connectivity index (χ3v) is 5.20. The molecule has 3 aromatic rings. The Balaban J connectivity index is 1.78. The van der Waals surface area contributed by atoms with Crippen molar-refractivity contribution in [3.63, 3.8) is 0 Å². The van der Waals surface area contributed by atoms with Crippen molar-refractivity contribution in [1.82, 2.24) is 0 Å². The topological polar surface area (TPSA) is 107 Å². The van der Waals surface area contributed by atoms with E-state index in [9.17, 15) is 13.2 Å². The zero-order valence-electron chi connectivity index (χ0n) is 15.1. The number of carbonyl (C=O) groups excluding carboxylic acids is 1. The minimum absolute atomic E-state index is 0.0216. The minimum Gasteiger partial charge on any atom is -0.497 e. The number of furan rings is 1. The van der Waals surface area contributed by atoms with Gasteiger partial charge in [-0.3, -0.25) is 9.52 Å². The van der Waals surface area contributed by atoms with Crippen LogP contribution in [0.15, 0.2) is 70.2 Å². The van der Waals surface area contributed by atoms with Crippen LogP contribution in [0.1, 0.15) is 10.6 Å². The van der Waals surface area contributed by atoms with Crippen LogP contribution in [0.3, 0.4) is 0 Å². The van der Waals surface area contributed by atoms with Gasteiger partial charge in [0.25, 0.3) is 15.9 Å². The maximum absolute atomic E-state index is 12.7. The molecular weight excluding hydrogens is 384 g/mol. The molecule has 0 aliphatic carbocycles. The van der Waals surface area contributed by atoms with Gasteiger partial charge in [0.15, 0.2) is 5.76 Å². The van der Waals surface area contributed by atoms with Gasteiger partial charge in [-0.05, 0) is 48.5 Å². The highest BCUT2D eigenvalue weighted by molar-refractivity contribution is 7.92. The summed E-state index contributed by atoms with van der Waals surface area (Å²) >= 11 is 0. The smallest absolute Gasteiger partial charge is 0.291 e. The molecular formula is C19H18N2O6S. The van der Waals surface area contributed by atoms with E-state index in [2.05, 4.69) is 10.0 Å². The van der Waals surface area contributed by atoms with Gasteiger partial charge in [-0.2, -0.15) is 0 Å². The van der Waals surface area contributed by atoms with E-state index in [-0.39, 0.29) is 16.3 Å². The molecule has 0 aliphatic rings. The molecule has 1 heterocycles. The van der Waals surface area contributed by atoms with Crippen LogP contribution in [0.5, 0.6) is 11.5 Å². The van der Waals surface area contributed by atoms with E-state index in [1.165, 1.54) is 56.9 Å². The zero-order valence-corrected chi connectivity index (χ0v) is 15.9. The van der Waals surface area contributed by atoms with Gasteiger partial charge in [-0.15, -0.1) is 0 Å². The van der Waals surface area contributed by atoms with E-state index in [4.69, 9.17) is 13.9 Å². The molecule has 0 radical (unpaired) electrons. The van der Waals surface area contributed by atoms with E-state index in [0.717, 1.165) is 0 Å². The van der Waals surface area contributed by atoms with Crippen LogP contribution in [0, 0.1) is 0 Å². The number of amides is 1. The molecule has 0 unspecified atom stereocenters. The van der Waals surface area contributed by atoms with Crippen molar-refractivity contribution >= 4 is 27.3 Å². The second-order valence-electron chi connectivity index (χ2n) is 5.63. The number of rotatable bonds is 7. The first-order valence-corrected chi connectivity index (χ1v) is 9.61. The second kappa shape index (κ2) is 8.05. The lowest BCUT2D eigenvalue weighted by molar-refractivity contribution is 0.0996. The summed E-state index contributed by atoms with van der Waals surface area (Å²) in [5.74, 6) is 0.560. The van der Waals surface area contributed by atoms with Crippen molar-refractivity contribution in [2.45, 2.75) is 4.90 Å². The molecule has 146 valence electrons. The van der Waals surface area contributed by atoms with Crippen LogP contribution in [0.2, 0.25) is 0 Å². The molecule has 28 heavy (non-hydrogen) atoms. The van der Waals surface area contributed by atoms with Gasteiger partial charge in [-0.25, -0.2) is 8.42 Å².